The third-order valence-corrected chi connectivity index (χ3v) is 9.89. The monoisotopic (exact) mass is 720 g/mol. The number of carbonyl (C=O) groups excluding carboxylic acids is 2. The first-order valence-electron chi connectivity index (χ1n) is 20.2. The van der Waals surface area contributed by atoms with Crippen LogP contribution in [0.15, 0.2) is 0 Å². The maximum absolute atomic E-state index is 12.2. The molecule has 0 aliphatic heterocycles. The number of quaternary nitrogens is 1. The molecule has 0 radical (unpaired) electrons. The van der Waals surface area contributed by atoms with Crippen LogP contribution in [0.1, 0.15) is 187 Å². The number of hydrogen-bond donors (Lipinski definition) is 0. The number of hydrogen-bond acceptors (Lipinski definition) is 8. The van der Waals surface area contributed by atoms with Gasteiger partial charge < -0.3 is 27.9 Å². The van der Waals surface area contributed by atoms with Crippen molar-refractivity contribution in [2.45, 2.75) is 193 Å². The zero-order valence-electron chi connectivity index (χ0n) is 32.7. The van der Waals surface area contributed by atoms with Crippen LogP contribution in [0.4, 0.5) is 0 Å². The predicted molar refractivity (Wildman–Crippen MR) is 199 cm³/mol. The average molecular weight is 720 g/mol. The molecule has 0 aromatic heterocycles. The van der Waals surface area contributed by atoms with E-state index in [4.69, 9.17) is 18.5 Å². The number of nitrogens with zero attached hydrogens (tertiary/aromatic N) is 1. The van der Waals surface area contributed by atoms with Crippen LogP contribution in [0.3, 0.4) is 0 Å². The normalized spacial score (nSPS) is 13.7. The van der Waals surface area contributed by atoms with Crippen LogP contribution < -0.4 is 4.89 Å². The molecular weight excluding hydrogens is 641 g/mol. The van der Waals surface area contributed by atoms with E-state index in [1.165, 1.54) is 155 Å². The summed E-state index contributed by atoms with van der Waals surface area (Å²) in [5.41, 5.74) is 0. The highest BCUT2D eigenvalue weighted by Gasteiger charge is 2.20. The summed E-state index contributed by atoms with van der Waals surface area (Å²) in [5, 5.41) is 0. The predicted octanol–water partition coefficient (Wildman–Crippen LogP) is 10.2. The number of rotatable bonds is 37. The van der Waals surface area contributed by atoms with Gasteiger partial charge in [0.2, 0.25) is 0 Å². The molecule has 9 nitrogen and oxygen atoms in total. The lowest BCUT2D eigenvalue weighted by molar-refractivity contribution is -0.870. The minimum atomic E-state index is -4.57. The number of likely N-dealkylation sites (N-methyl/N-ethyl adjacent to an activating group) is 1. The van der Waals surface area contributed by atoms with Crippen molar-refractivity contribution in [1.82, 2.24) is 0 Å². The Balaban J connectivity index is 3.58. The van der Waals surface area contributed by atoms with E-state index < -0.39 is 32.5 Å². The van der Waals surface area contributed by atoms with E-state index in [0.717, 1.165) is 19.3 Å². The molecule has 2 atom stereocenters. The molecule has 0 aromatic rings. The van der Waals surface area contributed by atoms with Crippen molar-refractivity contribution in [2.75, 3.05) is 47.5 Å². The Bertz CT molecular complexity index is 819. The van der Waals surface area contributed by atoms with Crippen molar-refractivity contribution >= 4 is 19.8 Å². The molecule has 0 aliphatic carbocycles. The lowest BCUT2D eigenvalue weighted by Gasteiger charge is -2.28. The zero-order chi connectivity index (χ0) is 36.5. The first kappa shape index (κ1) is 48.0. The summed E-state index contributed by atoms with van der Waals surface area (Å²) in [5.74, 6) is -1.02. The van der Waals surface area contributed by atoms with Crippen molar-refractivity contribution in [3.63, 3.8) is 0 Å². The number of ether oxygens (including phenoxy) is 2. The van der Waals surface area contributed by atoms with Gasteiger partial charge in [-0.1, -0.05) is 167 Å². The van der Waals surface area contributed by atoms with Crippen LogP contribution >= 0.6 is 7.82 Å². The average Bonchev–Trinajstić information content (AvgIpc) is 3.03. The van der Waals surface area contributed by atoms with Crippen LogP contribution in [-0.2, 0) is 32.7 Å². The summed E-state index contributed by atoms with van der Waals surface area (Å²) in [6.45, 7) is 3.19. The fourth-order valence-electron chi connectivity index (χ4n) is 5.83. The standard InChI is InChI=1S/C39H78NO8P/c1-6-7-8-9-10-11-12-13-14-15-16-17-18-19-20-21-22-23-24-25-26-27-28-29-30-31-32-39(42)45-35-38(48-37(2)41)36-47-49(43,44)46-34-33-40(3,4)5/h38H,6-36H2,1-5H3/t38-/m1/s1. The SMILES string of the molecule is CCCCCCCCCCCCCCCCCCCCCCCCCCCCC(=O)OC[C@H](COP(=O)([O-])OCC[N+](C)(C)C)OC(C)=O. The second-order valence-corrected chi connectivity index (χ2v) is 16.5. The number of unbranched alkanes of at least 4 members (excludes halogenated alkanes) is 25. The quantitative estimate of drug-likeness (QED) is 0.0270. The highest BCUT2D eigenvalue weighted by Crippen LogP contribution is 2.38. The molecule has 1 unspecified atom stereocenters. The molecule has 49 heavy (non-hydrogen) atoms. The van der Waals surface area contributed by atoms with Gasteiger partial charge in [-0.2, -0.15) is 0 Å². The van der Waals surface area contributed by atoms with Crippen molar-refractivity contribution in [3.8, 4) is 0 Å². The van der Waals surface area contributed by atoms with Gasteiger partial charge in [-0.25, -0.2) is 0 Å². The van der Waals surface area contributed by atoms with E-state index in [0.29, 0.717) is 11.0 Å². The third kappa shape index (κ3) is 38.1. The first-order chi connectivity index (χ1) is 23.4. The topological polar surface area (TPSA) is 111 Å². The van der Waals surface area contributed by atoms with E-state index in [9.17, 15) is 19.0 Å². The maximum atomic E-state index is 12.2. The Morgan fingerprint density at radius 3 is 1.31 bits per heavy atom. The molecule has 292 valence electrons. The summed E-state index contributed by atoms with van der Waals surface area (Å²) in [6.07, 6.45) is 34.0. The van der Waals surface area contributed by atoms with Gasteiger partial charge in [-0.3, -0.25) is 14.2 Å². The molecule has 0 fully saturated rings. The van der Waals surface area contributed by atoms with Crippen LogP contribution in [0.5, 0.6) is 0 Å². The molecule has 0 aromatic carbocycles. The molecule has 0 heterocycles. The van der Waals surface area contributed by atoms with Gasteiger partial charge in [0.25, 0.3) is 7.82 Å². The van der Waals surface area contributed by atoms with E-state index >= 15 is 0 Å². The molecule has 0 spiro atoms. The largest absolute Gasteiger partial charge is 0.756 e. The van der Waals surface area contributed by atoms with Gasteiger partial charge in [0.1, 0.15) is 19.8 Å². The number of esters is 2. The van der Waals surface area contributed by atoms with Gasteiger partial charge in [-0.15, -0.1) is 0 Å². The first-order valence-corrected chi connectivity index (χ1v) is 21.6. The Hall–Kier alpha value is -0.990. The molecule has 0 bridgehead atoms. The van der Waals surface area contributed by atoms with Gasteiger partial charge >= 0.3 is 11.9 Å². The molecule has 0 rings (SSSR count). The molecule has 10 heteroatoms. The van der Waals surface area contributed by atoms with Crippen LogP contribution in [0.25, 0.3) is 0 Å². The Kier molecular flexibility index (Phi) is 32.2. The van der Waals surface area contributed by atoms with Crippen molar-refractivity contribution in [1.29, 1.82) is 0 Å². The summed E-state index contributed by atoms with van der Waals surface area (Å²) in [4.78, 5) is 35.6. The fourth-order valence-corrected chi connectivity index (χ4v) is 6.56. The molecule has 0 amide bonds. The van der Waals surface area contributed by atoms with Gasteiger partial charge in [0, 0.05) is 13.3 Å². The summed E-state index contributed by atoms with van der Waals surface area (Å²) in [7, 11) is 1.17. The van der Waals surface area contributed by atoms with Gasteiger partial charge in [-0.05, 0) is 6.42 Å². The Labute approximate surface area is 302 Å². The van der Waals surface area contributed by atoms with E-state index in [1.807, 2.05) is 21.1 Å². The molecule has 0 N–H and O–H groups in total. The summed E-state index contributed by atoms with van der Waals surface area (Å²) >= 11 is 0. The third-order valence-electron chi connectivity index (χ3n) is 8.93. The number of carbonyl (C=O) groups is 2. The van der Waals surface area contributed by atoms with Crippen LogP contribution in [0, 0.1) is 0 Å². The molecule has 0 saturated heterocycles. The summed E-state index contributed by atoms with van der Waals surface area (Å²) < 4.78 is 32.5. The molecule has 0 saturated carbocycles. The second kappa shape index (κ2) is 32.9. The molecular formula is C39H78NO8P. The number of phosphoric ester groups is 1. The van der Waals surface area contributed by atoms with E-state index in [1.54, 1.807) is 0 Å². The second-order valence-electron chi connectivity index (χ2n) is 15.1. The summed E-state index contributed by atoms with van der Waals surface area (Å²) in [6, 6.07) is 0. The number of phosphoric acid groups is 1. The van der Waals surface area contributed by atoms with Crippen molar-refractivity contribution in [2.24, 2.45) is 0 Å². The van der Waals surface area contributed by atoms with E-state index in [-0.39, 0.29) is 19.6 Å². The van der Waals surface area contributed by atoms with E-state index in [2.05, 4.69) is 6.92 Å². The van der Waals surface area contributed by atoms with Crippen LogP contribution in [0.2, 0.25) is 0 Å². The van der Waals surface area contributed by atoms with Crippen molar-refractivity contribution < 1.29 is 42.1 Å². The van der Waals surface area contributed by atoms with Crippen molar-refractivity contribution in [3.05, 3.63) is 0 Å². The lowest BCUT2D eigenvalue weighted by atomic mass is 10.0. The minimum Gasteiger partial charge on any atom is -0.756 e. The lowest BCUT2D eigenvalue weighted by Crippen LogP contribution is -2.37. The molecule has 0 aliphatic rings. The smallest absolute Gasteiger partial charge is 0.305 e. The van der Waals surface area contributed by atoms with Gasteiger partial charge in [0.15, 0.2) is 6.10 Å². The van der Waals surface area contributed by atoms with Crippen LogP contribution in [-0.4, -0.2) is 70.0 Å². The minimum absolute atomic E-state index is 0.0306. The fraction of sp³-hybridized carbons (Fsp3) is 0.949. The maximum Gasteiger partial charge on any atom is 0.305 e. The van der Waals surface area contributed by atoms with Gasteiger partial charge in [0.05, 0.1) is 27.7 Å². The Morgan fingerprint density at radius 1 is 0.592 bits per heavy atom. The highest BCUT2D eigenvalue weighted by molar-refractivity contribution is 7.45. The Morgan fingerprint density at radius 2 is 0.959 bits per heavy atom. The highest BCUT2D eigenvalue weighted by atomic mass is 31.2. The zero-order valence-corrected chi connectivity index (χ0v) is 33.6.